The van der Waals surface area contributed by atoms with Crippen molar-refractivity contribution >= 4 is 9.84 Å². The molecule has 1 fully saturated rings. The Balaban J connectivity index is 2.67. The van der Waals surface area contributed by atoms with Gasteiger partial charge in [-0.2, -0.15) is 0 Å². The molecule has 0 aromatic carbocycles. The molecule has 1 aliphatic carbocycles. The molecule has 0 aliphatic heterocycles. The van der Waals surface area contributed by atoms with Gasteiger partial charge in [-0.05, 0) is 59.8 Å². The molecule has 0 spiro atoms. The van der Waals surface area contributed by atoms with Crippen molar-refractivity contribution in [1.82, 2.24) is 5.32 Å². The minimum absolute atomic E-state index is 0.0199. The molecule has 0 bridgehead atoms. The number of nitrogens with two attached hydrogens (primary N) is 1. The normalized spacial score (nSPS) is 29.7. The fourth-order valence-electron chi connectivity index (χ4n) is 2.71. The smallest absolute Gasteiger partial charge is 0.152 e. The highest BCUT2D eigenvalue weighted by Gasteiger charge is 2.33. The molecule has 3 N–H and O–H groups in total. The van der Waals surface area contributed by atoms with Crippen LogP contribution in [0.5, 0.6) is 0 Å². The molecule has 1 aliphatic rings. The largest absolute Gasteiger partial charge is 0.327 e. The molecule has 1 rings (SSSR count). The quantitative estimate of drug-likeness (QED) is 0.826. The van der Waals surface area contributed by atoms with Gasteiger partial charge in [-0.25, -0.2) is 8.42 Å². The summed E-state index contributed by atoms with van der Waals surface area (Å²) < 4.78 is 24.1. The van der Waals surface area contributed by atoms with Gasteiger partial charge in [-0.1, -0.05) is 0 Å². The Morgan fingerprint density at radius 1 is 1.26 bits per heavy atom. The highest BCUT2D eigenvalue weighted by Crippen LogP contribution is 2.27. The van der Waals surface area contributed by atoms with Crippen molar-refractivity contribution in [2.45, 2.75) is 76.8 Å². The van der Waals surface area contributed by atoms with Crippen molar-refractivity contribution in [2.24, 2.45) is 11.7 Å². The summed E-state index contributed by atoms with van der Waals surface area (Å²) in [5.74, 6) is 0.315. The van der Waals surface area contributed by atoms with E-state index in [4.69, 9.17) is 5.73 Å². The number of hydrogen-bond donors (Lipinski definition) is 2. The van der Waals surface area contributed by atoms with Crippen LogP contribution in [0.4, 0.5) is 0 Å². The molecule has 5 heteroatoms. The maximum Gasteiger partial charge on any atom is 0.152 e. The van der Waals surface area contributed by atoms with E-state index in [1.165, 1.54) is 0 Å². The van der Waals surface area contributed by atoms with E-state index in [2.05, 4.69) is 26.1 Å². The van der Waals surface area contributed by atoms with Crippen molar-refractivity contribution in [3.63, 3.8) is 0 Å². The predicted octanol–water partition coefficient (Wildman–Crippen LogP) is 1.69. The molecule has 1 saturated carbocycles. The van der Waals surface area contributed by atoms with Crippen LogP contribution >= 0.6 is 0 Å². The summed E-state index contributed by atoms with van der Waals surface area (Å²) in [6, 6.07) is 0.402. The first-order valence-electron chi connectivity index (χ1n) is 7.26. The van der Waals surface area contributed by atoms with Gasteiger partial charge in [-0.3, -0.25) is 0 Å². The van der Waals surface area contributed by atoms with Crippen LogP contribution in [0.2, 0.25) is 0 Å². The lowest BCUT2D eigenvalue weighted by Crippen LogP contribution is -2.51. The lowest BCUT2D eigenvalue weighted by atomic mass is 9.82. The first-order valence-corrected chi connectivity index (χ1v) is 8.97. The second-order valence-electron chi connectivity index (χ2n) is 7.21. The minimum Gasteiger partial charge on any atom is -0.327 e. The van der Waals surface area contributed by atoms with Crippen molar-refractivity contribution in [1.29, 1.82) is 0 Å². The van der Waals surface area contributed by atoms with E-state index in [0.29, 0.717) is 6.04 Å². The fraction of sp³-hybridized carbons (Fsp3) is 1.00. The van der Waals surface area contributed by atoms with Gasteiger partial charge < -0.3 is 11.1 Å². The second-order valence-corrected chi connectivity index (χ2v) is 9.81. The summed E-state index contributed by atoms with van der Waals surface area (Å²) in [6.07, 6.45) is 2.81. The lowest BCUT2D eigenvalue weighted by Gasteiger charge is -2.38. The third kappa shape index (κ3) is 5.40. The summed E-state index contributed by atoms with van der Waals surface area (Å²) in [7, 11) is -3.01. The molecule has 114 valence electrons. The number of hydrogen-bond acceptors (Lipinski definition) is 4. The highest BCUT2D eigenvalue weighted by atomic mass is 32.2. The topological polar surface area (TPSA) is 72.2 Å². The standard InChI is InChI=1S/C14H30N2O2S/c1-10(2)19(17,18)9-11-8-12(6-7-13(11)15)16-14(3,4)5/h10-13,16H,6-9,15H2,1-5H3. The summed E-state index contributed by atoms with van der Waals surface area (Å²) in [6.45, 7) is 9.91. The van der Waals surface area contributed by atoms with Gasteiger partial charge >= 0.3 is 0 Å². The number of sulfone groups is 1. The van der Waals surface area contributed by atoms with Crippen LogP contribution in [0.1, 0.15) is 53.9 Å². The van der Waals surface area contributed by atoms with Crippen molar-refractivity contribution in [3.8, 4) is 0 Å². The van der Waals surface area contributed by atoms with Gasteiger partial charge in [-0.15, -0.1) is 0 Å². The maximum atomic E-state index is 12.1. The lowest BCUT2D eigenvalue weighted by molar-refractivity contribution is 0.231. The molecule has 0 aromatic rings. The molecule has 3 unspecified atom stereocenters. The molecule has 0 saturated heterocycles. The van der Waals surface area contributed by atoms with E-state index in [1.54, 1.807) is 13.8 Å². The Hall–Kier alpha value is -0.130. The van der Waals surface area contributed by atoms with Crippen LogP contribution < -0.4 is 11.1 Å². The van der Waals surface area contributed by atoms with Crippen LogP contribution in [0.3, 0.4) is 0 Å². The Bertz CT molecular complexity index is 385. The van der Waals surface area contributed by atoms with Crippen LogP contribution in [0.25, 0.3) is 0 Å². The van der Waals surface area contributed by atoms with E-state index >= 15 is 0 Å². The van der Waals surface area contributed by atoms with Crippen LogP contribution in [-0.2, 0) is 9.84 Å². The van der Waals surface area contributed by atoms with E-state index in [9.17, 15) is 8.42 Å². The summed E-state index contributed by atoms with van der Waals surface area (Å²) in [4.78, 5) is 0. The molecule has 3 atom stereocenters. The monoisotopic (exact) mass is 290 g/mol. The third-order valence-electron chi connectivity index (χ3n) is 3.84. The predicted molar refractivity (Wildman–Crippen MR) is 80.9 cm³/mol. The average molecular weight is 290 g/mol. The molecule has 4 nitrogen and oxygen atoms in total. The second kappa shape index (κ2) is 6.10. The van der Waals surface area contributed by atoms with Crippen molar-refractivity contribution < 1.29 is 8.42 Å². The first kappa shape index (κ1) is 16.9. The van der Waals surface area contributed by atoms with E-state index in [1.807, 2.05) is 0 Å². The van der Waals surface area contributed by atoms with Gasteiger partial charge in [0.2, 0.25) is 0 Å². The van der Waals surface area contributed by atoms with Gasteiger partial charge in [0.05, 0.1) is 11.0 Å². The Labute approximate surface area is 118 Å². The van der Waals surface area contributed by atoms with E-state index in [-0.39, 0.29) is 28.5 Å². The Kier molecular flexibility index (Phi) is 5.43. The molecule has 0 amide bonds. The van der Waals surface area contributed by atoms with Gasteiger partial charge in [0.15, 0.2) is 9.84 Å². The summed E-state index contributed by atoms with van der Waals surface area (Å²) in [5.41, 5.74) is 6.18. The maximum absolute atomic E-state index is 12.1. The first-order chi connectivity index (χ1) is 8.51. The zero-order valence-corrected chi connectivity index (χ0v) is 13.8. The van der Waals surface area contributed by atoms with E-state index < -0.39 is 9.84 Å². The molecular formula is C14H30N2O2S. The molecule has 0 radical (unpaired) electrons. The molecule has 0 heterocycles. The molecular weight excluding hydrogens is 260 g/mol. The minimum atomic E-state index is -3.01. The molecule has 19 heavy (non-hydrogen) atoms. The van der Waals surface area contributed by atoms with Gasteiger partial charge in [0.25, 0.3) is 0 Å². The summed E-state index contributed by atoms with van der Waals surface area (Å²) >= 11 is 0. The Morgan fingerprint density at radius 2 is 1.84 bits per heavy atom. The zero-order valence-electron chi connectivity index (χ0n) is 12.9. The number of rotatable bonds is 4. The van der Waals surface area contributed by atoms with Crippen LogP contribution in [-0.4, -0.2) is 37.0 Å². The van der Waals surface area contributed by atoms with Crippen LogP contribution in [0.15, 0.2) is 0 Å². The van der Waals surface area contributed by atoms with Crippen molar-refractivity contribution in [3.05, 3.63) is 0 Å². The SMILES string of the molecule is CC(C)S(=O)(=O)CC1CC(NC(C)(C)C)CCC1N. The zero-order chi connectivity index (χ0) is 14.8. The average Bonchev–Trinajstić information content (AvgIpc) is 2.20. The van der Waals surface area contributed by atoms with Crippen molar-refractivity contribution in [2.75, 3.05) is 5.75 Å². The van der Waals surface area contributed by atoms with Crippen LogP contribution in [0, 0.1) is 5.92 Å². The van der Waals surface area contributed by atoms with E-state index in [0.717, 1.165) is 19.3 Å². The fourth-order valence-corrected chi connectivity index (χ4v) is 4.08. The number of nitrogens with one attached hydrogen (secondary N) is 1. The molecule has 0 aromatic heterocycles. The third-order valence-corrected chi connectivity index (χ3v) is 6.17. The van der Waals surface area contributed by atoms with Gasteiger partial charge in [0.1, 0.15) is 0 Å². The highest BCUT2D eigenvalue weighted by molar-refractivity contribution is 7.91. The van der Waals surface area contributed by atoms with Gasteiger partial charge in [0, 0.05) is 17.6 Å². The Morgan fingerprint density at radius 3 is 2.32 bits per heavy atom. The summed E-state index contributed by atoms with van der Waals surface area (Å²) in [5, 5.41) is 3.26.